The number of rotatable bonds is 4. The van der Waals surface area contributed by atoms with Crippen molar-refractivity contribution in [3.05, 3.63) is 65.6 Å². The van der Waals surface area contributed by atoms with Gasteiger partial charge in [-0.3, -0.25) is 4.21 Å². The Hall–Kier alpha value is -1.54. The van der Waals surface area contributed by atoms with Crippen LogP contribution in [0.15, 0.2) is 64.9 Å². The van der Waals surface area contributed by atoms with Crippen LogP contribution in [-0.4, -0.2) is 10.1 Å². The molecule has 0 fully saturated rings. The van der Waals surface area contributed by atoms with Gasteiger partial charge in [0.1, 0.15) is 0 Å². The van der Waals surface area contributed by atoms with Gasteiger partial charge < -0.3 is 0 Å². The summed E-state index contributed by atoms with van der Waals surface area (Å²) in [6, 6.07) is 7.53. The number of aryl methyl sites for hydroxylation is 1. The molecule has 2 heteroatoms. The molecule has 1 unspecified atom stereocenters. The summed E-state index contributed by atoms with van der Waals surface area (Å²) in [6.07, 6.45) is 3.51. The van der Waals surface area contributed by atoms with Gasteiger partial charge in [-0.15, -0.1) is 0 Å². The second-order valence-electron chi connectivity index (χ2n) is 4.13. The van der Waals surface area contributed by atoms with Crippen LogP contribution >= 0.6 is 0 Å². The zero-order valence-corrected chi connectivity index (χ0v) is 11.2. The Labute approximate surface area is 104 Å². The average molecular weight is 246 g/mol. The normalized spacial score (nSPS) is 14.5. The second-order valence-corrected chi connectivity index (χ2v) is 6.48. The number of hydrogen-bond acceptors (Lipinski definition) is 1. The molecule has 0 N–H and O–H groups in total. The Balaban J connectivity index is 3.08. The lowest BCUT2D eigenvalue weighted by atomic mass is 10.2. The van der Waals surface area contributed by atoms with E-state index in [4.69, 9.17) is 0 Å². The first-order valence-electron chi connectivity index (χ1n) is 5.30. The molecule has 1 aromatic carbocycles. The van der Waals surface area contributed by atoms with E-state index in [1.807, 2.05) is 38.1 Å². The number of benzene rings is 1. The van der Waals surface area contributed by atoms with Crippen LogP contribution in [0.5, 0.6) is 0 Å². The van der Waals surface area contributed by atoms with Gasteiger partial charge in [0.05, 0.1) is 0 Å². The zero-order chi connectivity index (χ0) is 13.1. The van der Waals surface area contributed by atoms with Gasteiger partial charge in [-0.05, 0) is 37.9 Å². The van der Waals surface area contributed by atoms with Gasteiger partial charge in [-0.25, -0.2) is 0 Å². The smallest absolute Gasteiger partial charge is 0.0350 e. The summed E-state index contributed by atoms with van der Waals surface area (Å²) in [5.74, 6) is 3.80. The second kappa shape index (κ2) is 5.19. The van der Waals surface area contributed by atoms with E-state index in [1.165, 1.54) is 0 Å². The molecular weight excluding hydrogens is 228 g/mol. The van der Waals surface area contributed by atoms with Crippen molar-refractivity contribution in [3.8, 4) is 0 Å². The Morgan fingerprint density at radius 3 is 2.18 bits per heavy atom. The van der Waals surface area contributed by atoms with Crippen LogP contribution in [0.1, 0.15) is 12.5 Å². The van der Waals surface area contributed by atoms with Crippen LogP contribution in [0.25, 0.3) is 0 Å². The summed E-state index contributed by atoms with van der Waals surface area (Å²) >= 11 is 0. The Morgan fingerprint density at radius 1 is 1.18 bits per heavy atom. The molecule has 0 heterocycles. The lowest BCUT2D eigenvalue weighted by molar-refractivity contribution is 0.685. The molecule has 0 spiro atoms. The van der Waals surface area contributed by atoms with E-state index in [0.717, 1.165) is 11.1 Å². The molecule has 0 aliphatic rings. The largest absolute Gasteiger partial charge is 0.258 e. The molecule has 1 aromatic rings. The molecule has 0 amide bonds. The summed E-state index contributed by atoms with van der Waals surface area (Å²) in [4.78, 5) is 1.23. The fourth-order valence-electron chi connectivity index (χ4n) is 1.25. The van der Waals surface area contributed by atoms with Gasteiger partial charge in [0.2, 0.25) is 0 Å². The molecule has 90 valence electrons. The van der Waals surface area contributed by atoms with E-state index in [0.29, 0.717) is 9.80 Å². The monoisotopic (exact) mass is 246 g/mol. The van der Waals surface area contributed by atoms with Gasteiger partial charge in [-0.2, -0.15) is 0 Å². The van der Waals surface area contributed by atoms with E-state index in [9.17, 15) is 4.21 Å². The molecule has 0 saturated carbocycles. The summed E-state index contributed by atoms with van der Waals surface area (Å²) < 4.78 is 12.5. The van der Waals surface area contributed by atoms with Gasteiger partial charge in [-0.1, -0.05) is 42.5 Å². The molecule has 0 aromatic heterocycles. The van der Waals surface area contributed by atoms with Crippen LogP contribution in [0.3, 0.4) is 0 Å². The molecule has 0 saturated heterocycles. The highest BCUT2D eigenvalue weighted by atomic mass is 32.2. The van der Waals surface area contributed by atoms with Crippen molar-refractivity contribution >= 4 is 15.4 Å². The predicted molar refractivity (Wildman–Crippen MR) is 77.8 cm³/mol. The van der Waals surface area contributed by atoms with Crippen molar-refractivity contribution < 1.29 is 4.21 Å². The third kappa shape index (κ3) is 3.46. The minimum Gasteiger partial charge on any atom is -0.258 e. The van der Waals surface area contributed by atoms with Gasteiger partial charge >= 0.3 is 0 Å². The average Bonchev–Trinajstić information content (AvgIpc) is 2.26. The Bertz CT molecular complexity index is 557. The maximum absolute atomic E-state index is 12.5. The van der Waals surface area contributed by atoms with Crippen LogP contribution in [-0.2, 0) is 9.52 Å². The highest BCUT2D eigenvalue weighted by Gasteiger charge is 2.09. The van der Waals surface area contributed by atoms with Crippen molar-refractivity contribution in [2.45, 2.75) is 18.7 Å². The van der Waals surface area contributed by atoms with Crippen molar-refractivity contribution in [3.63, 3.8) is 0 Å². The standard InChI is InChI=1S/C15H18OS/c1-12(2)6-9-14(4)17(5,16)15-10-7-13(3)8-11-15/h6-11H,1,4-5H2,2-3H3. The maximum atomic E-state index is 12.5. The third-order valence-corrected chi connectivity index (χ3v) is 4.40. The summed E-state index contributed by atoms with van der Waals surface area (Å²) in [5.41, 5.74) is 2.03. The first kappa shape index (κ1) is 13.5. The lowest BCUT2D eigenvalue weighted by Gasteiger charge is -2.09. The van der Waals surface area contributed by atoms with E-state index < -0.39 is 9.52 Å². The van der Waals surface area contributed by atoms with E-state index in [2.05, 4.69) is 19.0 Å². The molecule has 0 aliphatic heterocycles. The molecule has 17 heavy (non-hydrogen) atoms. The van der Waals surface area contributed by atoms with Crippen LogP contribution < -0.4 is 0 Å². The van der Waals surface area contributed by atoms with Crippen LogP contribution in [0.4, 0.5) is 0 Å². The van der Waals surface area contributed by atoms with E-state index in [-0.39, 0.29) is 0 Å². The van der Waals surface area contributed by atoms with Crippen molar-refractivity contribution in [1.82, 2.24) is 0 Å². The molecule has 0 aliphatic carbocycles. The topological polar surface area (TPSA) is 17.1 Å². The van der Waals surface area contributed by atoms with Crippen LogP contribution in [0.2, 0.25) is 0 Å². The van der Waals surface area contributed by atoms with Crippen molar-refractivity contribution in [2.75, 3.05) is 0 Å². The summed E-state index contributed by atoms with van der Waals surface area (Å²) in [7, 11) is -2.47. The van der Waals surface area contributed by atoms with Crippen molar-refractivity contribution in [2.24, 2.45) is 0 Å². The molecule has 0 bridgehead atoms. The first-order chi connectivity index (χ1) is 7.84. The zero-order valence-electron chi connectivity index (χ0n) is 10.4. The SMILES string of the molecule is C=C(C)C=CC(=C)S(=C)(=O)c1ccc(C)cc1. The summed E-state index contributed by atoms with van der Waals surface area (Å²) in [6.45, 7) is 11.4. The third-order valence-electron chi connectivity index (χ3n) is 2.38. The molecular formula is C15H18OS. The van der Waals surface area contributed by atoms with E-state index in [1.54, 1.807) is 12.2 Å². The first-order valence-corrected chi connectivity index (χ1v) is 7.03. The number of allylic oxidation sites excluding steroid dienone is 3. The van der Waals surface area contributed by atoms with Gasteiger partial charge in [0.25, 0.3) is 0 Å². The summed E-state index contributed by atoms with van der Waals surface area (Å²) in [5, 5.41) is 0. The van der Waals surface area contributed by atoms with Crippen LogP contribution in [0, 0.1) is 6.92 Å². The van der Waals surface area contributed by atoms with Gasteiger partial charge in [0.15, 0.2) is 0 Å². The molecule has 0 radical (unpaired) electrons. The fraction of sp³-hybridized carbons (Fsp3) is 0.133. The Morgan fingerprint density at radius 2 is 1.71 bits per heavy atom. The maximum Gasteiger partial charge on any atom is 0.0350 e. The molecule has 1 atom stereocenters. The molecule has 1 nitrogen and oxygen atoms in total. The highest BCUT2D eigenvalue weighted by molar-refractivity contribution is 8.04. The molecule has 1 rings (SSSR count). The minimum atomic E-state index is -2.47. The Kier molecular flexibility index (Phi) is 4.13. The van der Waals surface area contributed by atoms with Crippen molar-refractivity contribution in [1.29, 1.82) is 0 Å². The highest BCUT2D eigenvalue weighted by Crippen LogP contribution is 2.19. The minimum absolute atomic E-state index is 0.518. The predicted octanol–water partition coefficient (Wildman–Crippen LogP) is 3.72. The van der Waals surface area contributed by atoms with E-state index >= 15 is 0 Å². The number of hydrogen-bond donors (Lipinski definition) is 0. The fourth-order valence-corrected chi connectivity index (χ4v) is 2.42. The quantitative estimate of drug-likeness (QED) is 0.584. The van der Waals surface area contributed by atoms with Gasteiger partial charge in [0, 0.05) is 19.3 Å². The lowest BCUT2D eigenvalue weighted by Crippen LogP contribution is -2.01.